The van der Waals surface area contributed by atoms with Gasteiger partial charge in [-0.3, -0.25) is 9.59 Å². The maximum absolute atomic E-state index is 13.4. The minimum atomic E-state index is -1.64. The van der Waals surface area contributed by atoms with Crippen molar-refractivity contribution < 1.29 is 49.3 Å². The normalized spacial score (nSPS) is 19.5. The van der Waals surface area contributed by atoms with Crippen LogP contribution in [0.1, 0.15) is 233 Å². The minimum absolute atomic E-state index is 0.0585. The fourth-order valence-electron chi connectivity index (χ4n) is 9.15. The highest BCUT2D eigenvalue weighted by molar-refractivity contribution is 5.80. The first-order valence-corrected chi connectivity index (χ1v) is 32.6. The highest BCUT2D eigenvalue weighted by atomic mass is 16.7. The lowest BCUT2D eigenvalue weighted by Gasteiger charge is -2.41. The van der Waals surface area contributed by atoms with Crippen LogP contribution in [-0.4, -0.2) is 99.6 Å². The van der Waals surface area contributed by atoms with E-state index >= 15 is 0 Å². The predicted octanol–water partition coefficient (Wildman–Crippen LogP) is 16.2. The van der Waals surface area contributed by atoms with E-state index < -0.39 is 67.4 Å². The van der Waals surface area contributed by atoms with Gasteiger partial charge in [0, 0.05) is 6.42 Å². The molecule has 6 N–H and O–H groups in total. The van der Waals surface area contributed by atoms with Gasteiger partial charge in [-0.2, -0.15) is 0 Å². The largest absolute Gasteiger partial charge is 0.454 e. The van der Waals surface area contributed by atoms with Crippen LogP contribution >= 0.6 is 0 Å². The molecular weight excluding hydrogens is 1040 g/mol. The van der Waals surface area contributed by atoms with Gasteiger partial charge in [-0.25, -0.2) is 0 Å². The molecule has 0 aromatic carbocycles. The average molecular weight is 1160 g/mol. The molecule has 8 atom stereocenters. The summed E-state index contributed by atoms with van der Waals surface area (Å²) >= 11 is 0. The van der Waals surface area contributed by atoms with Crippen molar-refractivity contribution in [2.45, 2.75) is 282 Å². The maximum Gasteiger partial charge on any atom is 0.306 e. The number of aliphatic hydroxyl groups is 5. The van der Waals surface area contributed by atoms with Crippen molar-refractivity contribution in [2.24, 2.45) is 0 Å². The van der Waals surface area contributed by atoms with Crippen molar-refractivity contribution in [3.63, 3.8) is 0 Å². The number of rotatable bonds is 53. The molecule has 1 fully saturated rings. The number of aliphatic hydroxyl groups excluding tert-OH is 5. The molecule has 0 radical (unpaired) electrons. The summed E-state index contributed by atoms with van der Waals surface area (Å²) in [4.78, 5) is 26.6. The molecule has 0 saturated carbocycles. The second-order valence-corrected chi connectivity index (χ2v) is 21.7. The number of unbranched alkanes of at least 4 members (excludes halogenated alkanes) is 17. The van der Waals surface area contributed by atoms with Crippen LogP contribution in [-0.2, 0) is 23.8 Å². The summed E-state index contributed by atoms with van der Waals surface area (Å²) in [5.74, 6) is -1.26. The number of esters is 1. The highest BCUT2D eigenvalue weighted by Gasteiger charge is 2.47. The van der Waals surface area contributed by atoms with Crippen molar-refractivity contribution in [1.29, 1.82) is 0 Å². The molecule has 83 heavy (non-hydrogen) atoms. The third-order valence-electron chi connectivity index (χ3n) is 14.2. The molecule has 470 valence electrons. The topological polar surface area (TPSA) is 175 Å². The zero-order chi connectivity index (χ0) is 60.3. The van der Waals surface area contributed by atoms with Crippen LogP contribution in [0.15, 0.2) is 146 Å². The molecule has 0 bridgehead atoms. The number of hydrogen-bond acceptors (Lipinski definition) is 10. The van der Waals surface area contributed by atoms with Gasteiger partial charge in [-0.05, 0) is 122 Å². The van der Waals surface area contributed by atoms with Gasteiger partial charge >= 0.3 is 5.97 Å². The Hall–Kier alpha value is -4.46. The summed E-state index contributed by atoms with van der Waals surface area (Å²) in [5.41, 5.74) is 0. The summed E-state index contributed by atoms with van der Waals surface area (Å²) in [7, 11) is 0. The Labute approximate surface area is 505 Å². The molecule has 11 nitrogen and oxygen atoms in total. The second-order valence-electron chi connectivity index (χ2n) is 21.7. The van der Waals surface area contributed by atoms with Gasteiger partial charge in [0.25, 0.3) is 0 Å². The van der Waals surface area contributed by atoms with E-state index in [0.717, 1.165) is 148 Å². The van der Waals surface area contributed by atoms with E-state index in [0.29, 0.717) is 12.8 Å². The lowest BCUT2D eigenvalue weighted by Crippen LogP contribution is -2.61. The monoisotopic (exact) mass is 1160 g/mol. The first-order valence-electron chi connectivity index (χ1n) is 32.6. The SMILES string of the molecule is CC/C=C\C/C=C\C/C=C\C/C=C\C/C=C\C/C=C\CCCCC(=O)OC1C(OCC(NC(=O)C(O)CCCCCCCC/C=C\C/C=C\C/C=C\C/C=C\C/C=C\CC)C(O)/C=C/CCCCCCCCCCC)OC(CO)C(O)C1O. The Morgan fingerprint density at radius 2 is 0.867 bits per heavy atom. The first kappa shape index (κ1) is 76.6. The van der Waals surface area contributed by atoms with Crippen LogP contribution in [0.25, 0.3) is 0 Å². The predicted molar refractivity (Wildman–Crippen MR) is 347 cm³/mol. The maximum atomic E-state index is 13.4. The molecule has 1 rings (SSSR count). The number of allylic oxidation sites excluding steroid dienone is 23. The number of ether oxygens (including phenoxy) is 3. The standard InChI is InChI=1S/C72H117NO10/c1-4-7-10-13-16-19-22-24-26-28-30-32-34-35-37-39-41-44-47-50-53-56-59-65(76)71(80)73-63(64(75)58-55-52-49-46-43-21-18-15-12-9-6-3)62-81-72-70(69(79)68(78)66(61-74)82-72)83-67(77)60-57-54-51-48-45-42-40-38-36-33-31-29-27-25-23-20-17-14-11-8-5-2/h7-8,10-11,16-17,19-20,24-27,30-33,35,37-38,40,45,48,55,58,63-66,68-70,72,74-76,78-79H,4-6,9,12-15,18,21-23,28-29,34,36,39,41-44,46-47,49-54,56-57,59-62H2,1-3H3,(H,73,80)/b10-7-,11-8-,19-16-,20-17-,26-24-,27-25-,32-30-,33-31-,37-35-,40-38-,48-45-,58-55+. The zero-order valence-corrected chi connectivity index (χ0v) is 52.0. The van der Waals surface area contributed by atoms with Gasteiger partial charge in [-0.1, -0.05) is 250 Å². The summed E-state index contributed by atoms with van der Waals surface area (Å²) in [6, 6.07) is -1.05. The smallest absolute Gasteiger partial charge is 0.306 e. The van der Waals surface area contributed by atoms with E-state index in [2.05, 4.69) is 160 Å². The van der Waals surface area contributed by atoms with Crippen molar-refractivity contribution in [3.05, 3.63) is 146 Å². The number of carbonyl (C=O) groups excluding carboxylic acids is 2. The minimum Gasteiger partial charge on any atom is -0.454 e. The van der Waals surface area contributed by atoms with Gasteiger partial charge < -0.3 is 45.1 Å². The Balaban J connectivity index is 2.67. The molecule has 0 aliphatic carbocycles. The molecule has 0 aromatic heterocycles. The first-order chi connectivity index (χ1) is 40.7. The van der Waals surface area contributed by atoms with Crippen LogP contribution in [0.2, 0.25) is 0 Å². The number of hydrogen-bond donors (Lipinski definition) is 6. The summed E-state index contributed by atoms with van der Waals surface area (Å²) in [5, 5.41) is 57.0. The van der Waals surface area contributed by atoms with Crippen LogP contribution in [0.4, 0.5) is 0 Å². The quantitative estimate of drug-likeness (QED) is 0.0195. The van der Waals surface area contributed by atoms with Gasteiger partial charge in [0.05, 0.1) is 25.4 Å². The van der Waals surface area contributed by atoms with E-state index in [9.17, 15) is 35.1 Å². The lowest BCUT2D eigenvalue weighted by atomic mass is 9.99. The van der Waals surface area contributed by atoms with Crippen molar-refractivity contribution in [2.75, 3.05) is 13.2 Å². The second kappa shape index (κ2) is 57.9. The molecule has 8 unspecified atom stereocenters. The zero-order valence-electron chi connectivity index (χ0n) is 52.0. The van der Waals surface area contributed by atoms with E-state index in [-0.39, 0.29) is 19.4 Å². The third-order valence-corrected chi connectivity index (χ3v) is 14.2. The number of amides is 1. The average Bonchev–Trinajstić information content (AvgIpc) is 3.69. The molecule has 1 aliphatic rings. The molecule has 0 spiro atoms. The molecule has 0 aromatic rings. The van der Waals surface area contributed by atoms with Crippen molar-refractivity contribution in [3.8, 4) is 0 Å². The van der Waals surface area contributed by atoms with Gasteiger partial charge in [-0.15, -0.1) is 0 Å². The summed E-state index contributed by atoms with van der Waals surface area (Å²) < 4.78 is 17.6. The van der Waals surface area contributed by atoms with Crippen molar-refractivity contribution in [1.82, 2.24) is 5.32 Å². The lowest BCUT2D eigenvalue weighted by molar-refractivity contribution is -0.305. The molecule has 1 aliphatic heterocycles. The fourth-order valence-corrected chi connectivity index (χ4v) is 9.15. The van der Waals surface area contributed by atoms with Crippen LogP contribution in [0.3, 0.4) is 0 Å². The van der Waals surface area contributed by atoms with E-state index in [1.807, 2.05) is 6.08 Å². The fraction of sp³-hybridized carbons (Fsp3) is 0.639. The van der Waals surface area contributed by atoms with Gasteiger partial charge in [0.15, 0.2) is 12.4 Å². The van der Waals surface area contributed by atoms with Gasteiger partial charge in [0.2, 0.25) is 5.91 Å². The number of nitrogens with one attached hydrogen (secondary N) is 1. The Kier molecular flexibility index (Phi) is 53.4. The van der Waals surface area contributed by atoms with Crippen molar-refractivity contribution >= 4 is 11.9 Å². The Morgan fingerprint density at radius 1 is 0.482 bits per heavy atom. The van der Waals surface area contributed by atoms with E-state index in [1.165, 1.54) is 38.5 Å². The molecule has 1 saturated heterocycles. The van der Waals surface area contributed by atoms with Crippen LogP contribution in [0.5, 0.6) is 0 Å². The third kappa shape index (κ3) is 45.6. The van der Waals surface area contributed by atoms with E-state index in [4.69, 9.17) is 14.2 Å². The molecule has 1 heterocycles. The van der Waals surface area contributed by atoms with Crippen LogP contribution in [0, 0.1) is 0 Å². The molecular formula is C72H117NO10. The Bertz CT molecular complexity index is 1910. The molecule has 1 amide bonds. The summed E-state index contributed by atoms with van der Waals surface area (Å²) in [6.07, 6.45) is 73.1. The van der Waals surface area contributed by atoms with Gasteiger partial charge in [0.1, 0.15) is 24.4 Å². The van der Waals surface area contributed by atoms with Crippen LogP contribution < -0.4 is 5.32 Å². The molecule has 11 heteroatoms. The van der Waals surface area contributed by atoms with E-state index in [1.54, 1.807) is 6.08 Å². The summed E-state index contributed by atoms with van der Waals surface area (Å²) in [6.45, 7) is 5.51. The number of carbonyl (C=O) groups is 2. The Morgan fingerprint density at radius 3 is 1.30 bits per heavy atom. The highest BCUT2D eigenvalue weighted by Crippen LogP contribution is 2.26.